The quantitative estimate of drug-likeness (QED) is 0.581. The molecule has 0 unspecified atom stereocenters. The fourth-order valence-electron chi connectivity index (χ4n) is 1.71. The summed E-state index contributed by atoms with van der Waals surface area (Å²) in [7, 11) is 0. The van der Waals surface area contributed by atoms with Crippen molar-refractivity contribution in [2.24, 2.45) is 5.73 Å². The summed E-state index contributed by atoms with van der Waals surface area (Å²) in [5.41, 5.74) is 9.62. The Hall–Kier alpha value is -0.850. The molecule has 0 spiro atoms. The molecule has 5 heteroatoms. The Labute approximate surface area is 136 Å². The molecule has 2 rings (SSSR count). The van der Waals surface area contributed by atoms with Crippen molar-refractivity contribution >= 4 is 62.8 Å². The highest BCUT2D eigenvalue weighted by atomic mass is 127. The minimum Gasteiger partial charge on any atom is -0.389 e. The SMILES string of the molecule is Cc1ccc(Nc2ccc(Cl)cc2I)c(C(N)=S)c1. The first-order valence-corrected chi connectivity index (χ1v) is 7.46. The highest BCUT2D eigenvalue weighted by Gasteiger charge is 2.08. The minimum absolute atomic E-state index is 0.384. The van der Waals surface area contributed by atoms with E-state index in [0.29, 0.717) is 10.0 Å². The van der Waals surface area contributed by atoms with E-state index in [1.807, 2.05) is 43.3 Å². The molecule has 0 saturated heterocycles. The number of rotatable bonds is 3. The molecule has 2 nitrogen and oxygen atoms in total. The van der Waals surface area contributed by atoms with Crippen LogP contribution in [0.2, 0.25) is 5.02 Å². The summed E-state index contributed by atoms with van der Waals surface area (Å²) in [5.74, 6) is 0. The van der Waals surface area contributed by atoms with Gasteiger partial charge in [0.05, 0.1) is 5.69 Å². The second-order valence-corrected chi connectivity index (χ2v) is 6.20. The molecular formula is C14H12ClIN2S. The molecule has 0 radical (unpaired) electrons. The van der Waals surface area contributed by atoms with Gasteiger partial charge >= 0.3 is 0 Å². The number of aryl methyl sites for hydroxylation is 1. The monoisotopic (exact) mass is 402 g/mol. The molecule has 2 aromatic carbocycles. The lowest BCUT2D eigenvalue weighted by Crippen LogP contribution is -2.12. The Morgan fingerprint density at radius 1 is 1.21 bits per heavy atom. The van der Waals surface area contributed by atoms with Gasteiger partial charge in [-0.3, -0.25) is 0 Å². The smallest absolute Gasteiger partial charge is 0.106 e. The van der Waals surface area contributed by atoms with Crippen LogP contribution in [-0.2, 0) is 0 Å². The summed E-state index contributed by atoms with van der Waals surface area (Å²) >= 11 is 13.3. The van der Waals surface area contributed by atoms with Crippen molar-refractivity contribution in [2.45, 2.75) is 6.92 Å². The van der Waals surface area contributed by atoms with Gasteiger partial charge in [0, 0.05) is 19.8 Å². The summed E-state index contributed by atoms with van der Waals surface area (Å²) in [6, 6.07) is 11.7. The number of thiocarbonyl (C=S) groups is 1. The maximum atomic E-state index is 5.95. The number of nitrogens with one attached hydrogen (secondary N) is 1. The number of nitrogens with two attached hydrogens (primary N) is 1. The molecule has 0 heterocycles. The lowest BCUT2D eigenvalue weighted by atomic mass is 10.1. The second-order valence-electron chi connectivity index (χ2n) is 4.16. The van der Waals surface area contributed by atoms with Crippen molar-refractivity contribution < 1.29 is 0 Å². The van der Waals surface area contributed by atoms with E-state index in [-0.39, 0.29) is 0 Å². The molecule has 2 aromatic rings. The second kappa shape index (κ2) is 6.07. The van der Waals surface area contributed by atoms with Gasteiger partial charge in [-0.05, 0) is 59.8 Å². The van der Waals surface area contributed by atoms with Crippen LogP contribution < -0.4 is 11.1 Å². The van der Waals surface area contributed by atoms with Crippen molar-refractivity contribution in [3.05, 3.63) is 56.1 Å². The van der Waals surface area contributed by atoms with Gasteiger partial charge in [-0.1, -0.05) is 35.4 Å². The molecule has 3 N–H and O–H groups in total. The Kier molecular flexibility index (Phi) is 4.65. The van der Waals surface area contributed by atoms with Gasteiger partial charge < -0.3 is 11.1 Å². The molecule has 98 valence electrons. The minimum atomic E-state index is 0.384. The Bertz CT molecular complexity index is 643. The third-order valence-electron chi connectivity index (χ3n) is 2.64. The van der Waals surface area contributed by atoms with Crippen LogP contribution in [0.15, 0.2) is 36.4 Å². The zero-order valence-electron chi connectivity index (χ0n) is 10.2. The molecule has 0 aliphatic heterocycles. The van der Waals surface area contributed by atoms with Crippen LogP contribution in [0.1, 0.15) is 11.1 Å². The first-order chi connectivity index (χ1) is 8.97. The normalized spacial score (nSPS) is 10.3. The summed E-state index contributed by atoms with van der Waals surface area (Å²) in [6.07, 6.45) is 0. The summed E-state index contributed by atoms with van der Waals surface area (Å²) in [6.45, 7) is 2.01. The lowest BCUT2D eigenvalue weighted by molar-refractivity contribution is 1.43. The predicted octanol–water partition coefficient (Wildman–Crippen LogP) is 4.63. The van der Waals surface area contributed by atoms with Crippen LogP contribution in [0.25, 0.3) is 0 Å². The van der Waals surface area contributed by atoms with Crippen molar-refractivity contribution in [2.75, 3.05) is 5.32 Å². The molecular weight excluding hydrogens is 391 g/mol. The summed E-state index contributed by atoms with van der Waals surface area (Å²) < 4.78 is 1.04. The largest absolute Gasteiger partial charge is 0.389 e. The number of hydrogen-bond donors (Lipinski definition) is 2. The number of benzene rings is 2. The van der Waals surface area contributed by atoms with E-state index in [0.717, 1.165) is 26.1 Å². The molecule has 0 fully saturated rings. The van der Waals surface area contributed by atoms with Gasteiger partial charge in [0.1, 0.15) is 4.99 Å². The predicted molar refractivity (Wildman–Crippen MR) is 94.5 cm³/mol. The number of halogens is 2. The van der Waals surface area contributed by atoms with Gasteiger partial charge in [-0.25, -0.2) is 0 Å². The van der Waals surface area contributed by atoms with Gasteiger partial charge in [-0.2, -0.15) is 0 Å². The van der Waals surface area contributed by atoms with E-state index in [2.05, 4.69) is 27.9 Å². The zero-order valence-corrected chi connectivity index (χ0v) is 13.9. The number of hydrogen-bond acceptors (Lipinski definition) is 2. The fourth-order valence-corrected chi connectivity index (χ4v) is 2.88. The van der Waals surface area contributed by atoms with Crippen molar-refractivity contribution in [3.63, 3.8) is 0 Å². The van der Waals surface area contributed by atoms with Crippen LogP contribution in [-0.4, -0.2) is 4.99 Å². The maximum Gasteiger partial charge on any atom is 0.106 e. The Morgan fingerprint density at radius 2 is 1.89 bits per heavy atom. The van der Waals surface area contributed by atoms with Crippen LogP contribution in [0, 0.1) is 10.5 Å². The van der Waals surface area contributed by atoms with E-state index >= 15 is 0 Å². The van der Waals surface area contributed by atoms with Crippen molar-refractivity contribution in [3.8, 4) is 0 Å². The van der Waals surface area contributed by atoms with Gasteiger partial charge in [0.2, 0.25) is 0 Å². The third kappa shape index (κ3) is 3.58. The molecule has 0 aliphatic rings. The molecule has 0 bridgehead atoms. The zero-order chi connectivity index (χ0) is 14.0. The molecule has 0 aromatic heterocycles. The molecule has 19 heavy (non-hydrogen) atoms. The topological polar surface area (TPSA) is 38.0 Å². The molecule has 0 amide bonds. The van der Waals surface area contributed by atoms with Gasteiger partial charge in [0.25, 0.3) is 0 Å². The number of anilines is 2. The van der Waals surface area contributed by atoms with Crippen molar-refractivity contribution in [1.82, 2.24) is 0 Å². The van der Waals surface area contributed by atoms with E-state index in [9.17, 15) is 0 Å². The van der Waals surface area contributed by atoms with Crippen LogP contribution in [0.4, 0.5) is 11.4 Å². The first-order valence-electron chi connectivity index (χ1n) is 5.60. The van der Waals surface area contributed by atoms with Crippen LogP contribution in [0.3, 0.4) is 0 Å². The highest BCUT2D eigenvalue weighted by molar-refractivity contribution is 14.1. The molecule has 0 saturated carbocycles. The van der Waals surface area contributed by atoms with Crippen LogP contribution >= 0.6 is 46.4 Å². The van der Waals surface area contributed by atoms with Gasteiger partial charge in [0.15, 0.2) is 0 Å². The van der Waals surface area contributed by atoms with E-state index in [1.165, 1.54) is 0 Å². The van der Waals surface area contributed by atoms with E-state index in [4.69, 9.17) is 29.6 Å². The Morgan fingerprint density at radius 3 is 2.53 bits per heavy atom. The Balaban J connectivity index is 2.40. The molecule has 0 aliphatic carbocycles. The highest BCUT2D eigenvalue weighted by Crippen LogP contribution is 2.27. The first kappa shape index (κ1) is 14.6. The summed E-state index contributed by atoms with van der Waals surface area (Å²) in [5, 5.41) is 4.06. The average molecular weight is 403 g/mol. The third-order valence-corrected chi connectivity index (χ3v) is 3.99. The standard InChI is InChI=1S/C14H12ClIN2S/c1-8-2-4-12(10(6-8)14(17)19)18-13-5-3-9(15)7-11(13)16/h2-7,18H,1H3,(H2,17,19). The van der Waals surface area contributed by atoms with Gasteiger partial charge in [-0.15, -0.1) is 0 Å². The lowest BCUT2D eigenvalue weighted by Gasteiger charge is -2.13. The van der Waals surface area contributed by atoms with E-state index in [1.54, 1.807) is 0 Å². The fraction of sp³-hybridized carbons (Fsp3) is 0.0714. The molecule has 0 atom stereocenters. The average Bonchev–Trinajstić information content (AvgIpc) is 2.34. The van der Waals surface area contributed by atoms with Crippen molar-refractivity contribution in [1.29, 1.82) is 0 Å². The maximum absolute atomic E-state index is 5.95. The van der Waals surface area contributed by atoms with E-state index < -0.39 is 0 Å². The van der Waals surface area contributed by atoms with Crippen LogP contribution in [0.5, 0.6) is 0 Å². The summed E-state index contributed by atoms with van der Waals surface area (Å²) in [4.78, 5) is 0.384.